The topological polar surface area (TPSA) is 64.3 Å². The van der Waals surface area contributed by atoms with Gasteiger partial charge in [0.15, 0.2) is 15.5 Å². The Kier molecular flexibility index (Phi) is 6.84. The van der Waals surface area contributed by atoms with Crippen molar-refractivity contribution < 1.29 is 21.6 Å². The van der Waals surface area contributed by atoms with Crippen LogP contribution in [0.5, 0.6) is 0 Å². The normalized spacial score (nSPS) is 14.4. The zero-order valence-electron chi connectivity index (χ0n) is 16.5. The van der Waals surface area contributed by atoms with Crippen molar-refractivity contribution in [1.29, 1.82) is 0 Å². The molecule has 29 heavy (non-hydrogen) atoms. The molecule has 2 aromatic rings. The first-order valence-electron chi connectivity index (χ1n) is 8.92. The number of benzene rings is 1. The monoisotopic (exact) mass is 425 g/mol. The summed E-state index contributed by atoms with van der Waals surface area (Å²) in [6.45, 7) is 6.13. The highest BCUT2D eigenvalue weighted by atomic mass is 32.2. The Bertz CT molecular complexity index is 1060. The smallest absolute Gasteiger partial charge is 0.299 e. The Labute approximate surface area is 168 Å². The molecule has 0 radical (unpaired) electrons. The number of nitrogens with zero attached hydrogens (tertiary/aromatic N) is 3. The van der Waals surface area contributed by atoms with E-state index in [1.165, 1.54) is 28.8 Å². The summed E-state index contributed by atoms with van der Waals surface area (Å²) < 4.78 is 64.1. The number of hydrogen-bond donors (Lipinski definition) is 0. The number of aromatic nitrogens is 2. The molecule has 0 N–H and O–H groups in total. The standard InChI is InChI=1S/C18H16F3N3O2S.C2H6/c1-12-3-4-13(9-10-22-12)17-23-16(18(19,20)21)11-24(17)14-5-7-15(8-6-14)27(2,25)26;1-2/h3-9,11H,10H2,1-2H3;1-2H3. The van der Waals surface area contributed by atoms with Crippen LogP contribution in [0.2, 0.25) is 0 Å². The van der Waals surface area contributed by atoms with Gasteiger partial charge in [0.05, 0.1) is 11.4 Å². The molecule has 0 saturated carbocycles. The maximum absolute atomic E-state index is 13.2. The third kappa shape index (κ3) is 5.44. The number of allylic oxidation sites excluding steroid dienone is 3. The molecule has 156 valence electrons. The summed E-state index contributed by atoms with van der Waals surface area (Å²) in [4.78, 5) is 8.08. The second-order valence-electron chi connectivity index (χ2n) is 6.06. The van der Waals surface area contributed by atoms with E-state index in [4.69, 9.17) is 0 Å². The molecule has 5 nitrogen and oxygen atoms in total. The number of aliphatic imine (C=N–C) groups is 1. The lowest BCUT2D eigenvalue weighted by atomic mass is 10.2. The van der Waals surface area contributed by atoms with Gasteiger partial charge in [0.25, 0.3) is 0 Å². The van der Waals surface area contributed by atoms with Gasteiger partial charge >= 0.3 is 6.18 Å². The van der Waals surface area contributed by atoms with Crippen LogP contribution < -0.4 is 0 Å². The molecule has 0 amide bonds. The first kappa shape index (κ1) is 22.6. The van der Waals surface area contributed by atoms with Crippen molar-refractivity contribution in [1.82, 2.24) is 9.55 Å². The SMILES string of the molecule is CC.CC1=NCC=C(c2nc(C(F)(F)F)cn2-c2ccc(S(C)(=O)=O)cc2)C=C1. The average Bonchev–Trinajstić information content (AvgIpc) is 3.00. The molecule has 9 heteroatoms. The Morgan fingerprint density at radius 3 is 2.24 bits per heavy atom. The van der Waals surface area contributed by atoms with Crippen molar-refractivity contribution in [3.05, 3.63) is 60.2 Å². The fourth-order valence-corrected chi connectivity index (χ4v) is 3.19. The summed E-state index contributed by atoms with van der Waals surface area (Å²) in [5, 5.41) is 0. The summed E-state index contributed by atoms with van der Waals surface area (Å²) in [5.74, 6) is 0.107. The molecule has 0 fully saturated rings. The van der Waals surface area contributed by atoms with Crippen LogP contribution in [0.15, 0.2) is 58.6 Å². The molecule has 2 heterocycles. The molecule has 0 saturated heterocycles. The lowest BCUT2D eigenvalue weighted by molar-refractivity contribution is -0.140. The molecule has 0 aliphatic carbocycles. The second-order valence-corrected chi connectivity index (χ2v) is 8.07. The molecule has 3 rings (SSSR count). The second kappa shape index (κ2) is 8.77. The van der Waals surface area contributed by atoms with Crippen LogP contribution in [0, 0.1) is 0 Å². The van der Waals surface area contributed by atoms with Gasteiger partial charge in [0.1, 0.15) is 5.82 Å². The van der Waals surface area contributed by atoms with E-state index < -0.39 is 21.7 Å². The van der Waals surface area contributed by atoms with Crippen LogP contribution in [0.1, 0.15) is 32.3 Å². The maximum Gasteiger partial charge on any atom is 0.434 e. The Balaban J connectivity index is 0.00000145. The fraction of sp³-hybridized carbons (Fsp3) is 0.300. The van der Waals surface area contributed by atoms with E-state index in [9.17, 15) is 21.6 Å². The molecular weight excluding hydrogens is 403 g/mol. The van der Waals surface area contributed by atoms with Crippen LogP contribution in [-0.4, -0.2) is 36.5 Å². The summed E-state index contributed by atoms with van der Waals surface area (Å²) in [6.07, 6.45) is 2.42. The third-order valence-corrected chi connectivity index (χ3v) is 5.08. The molecule has 1 aromatic heterocycles. The summed E-state index contributed by atoms with van der Waals surface area (Å²) in [7, 11) is -3.40. The van der Waals surface area contributed by atoms with Crippen LogP contribution in [0.4, 0.5) is 13.2 Å². The van der Waals surface area contributed by atoms with Gasteiger partial charge in [-0.2, -0.15) is 13.2 Å². The average molecular weight is 425 g/mol. The van der Waals surface area contributed by atoms with E-state index in [1.807, 2.05) is 13.8 Å². The predicted octanol–water partition coefficient (Wildman–Crippen LogP) is 4.73. The van der Waals surface area contributed by atoms with Crippen molar-refractivity contribution >= 4 is 21.1 Å². The lowest BCUT2D eigenvalue weighted by Crippen LogP contribution is -2.05. The zero-order valence-corrected chi connectivity index (χ0v) is 17.3. The highest BCUT2D eigenvalue weighted by Gasteiger charge is 2.35. The van der Waals surface area contributed by atoms with Crippen molar-refractivity contribution in [3.63, 3.8) is 0 Å². The van der Waals surface area contributed by atoms with Gasteiger partial charge in [-0.15, -0.1) is 0 Å². The van der Waals surface area contributed by atoms with E-state index in [2.05, 4.69) is 9.98 Å². The van der Waals surface area contributed by atoms with E-state index in [0.717, 1.165) is 18.2 Å². The van der Waals surface area contributed by atoms with Crippen molar-refractivity contribution in [2.24, 2.45) is 4.99 Å². The van der Waals surface area contributed by atoms with Gasteiger partial charge < -0.3 is 0 Å². The summed E-state index contributed by atoms with van der Waals surface area (Å²) in [5.41, 5.74) is 0.601. The zero-order chi connectivity index (χ0) is 21.8. The molecule has 0 spiro atoms. The molecular formula is C20H22F3N3O2S. The Morgan fingerprint density at radius 1 is 1.07 bits per heavy atom. The van der Waals surface area contributed by atoms with Crippen molar-refractivity contribution in [2.75, 3.05) is 12.8 Å². The van der Waals surface area contributed by atoms with Gasteiger partial charge in [-0.1, -0.05) is 19.9 Å². The molecule has 0 bridgehead atoms. The molecule has 1 aromatic carbocycles. The molecule has 0 atom stereocenters. The van der Waals surface area contributed by atoms with E-state index in [0.29, 0.717) is 17.8 Å². The lowest BCUT2D eigenvalue weighted by Gasteiger charge is -2.09. The molecule has 0 unspecified atom stereocenters. The van der Waals surface area contributed by atoms with E-state index >= 15 is 0 Å². The number of imidazole rings is 1. The summed E-state index contributed by atoms with van der Waals surface area (Å²) in [6, 6.07) is 5.60. The van der Waals surface area contributed by atoms with Gasteiger partial charge in [-0.25, -0.2) is 13.4 Å². The van der Waals surface area contributed by atoms with Crippen LogP contribution in [0.25, 0.3) is 11.3 Å². The fourth-order valence-electron chi connectivity index (χ4n) is 2.56. The molecule has 1 aliphatic heterocycles. The third-order valence-electron chi connectivity index (χ3n) is 3.95. The summed E-state index contributed by atoms with van der Waals surface area (Å²) >= 11 is 0. The van der Waals surface area contributed by atoms with E-state index in [1.54, 1.807) is 25.2 Å². The van der Waals surface area contributed by atoms with Crippen LogP contribution >= 0.6 is 0 Å². The van der Waals surface area contributed by atoms with Crippen molar-refractivity contribution in [3.8, 4) is 5.69 Å². The first-order valence-corrected chi connectivity index (χ1v) is 10.8. The minimum atomic E-state index is -4.60. The highest BCUT2D eigenvalue weighted by molar-refractivity contribution is 7.90. The van der Waals surface area contributed by atoms with Crippen molar-refractivity contribution in [2.45, 2.75) is 31.8 Å². The Hall–Kier alpha value is -2.68. The first-order chi connectivity index (χ1) is 13.6. The molecule has 1 aliphatic rings. The van der Waals surface area contributed by atoms with Gasteiger partial charge in [0, 0.05) is 29.4 Å². The van der Waals surface area contributed by atoms with Gasteiger partial charge in [-0.05, 0) is 43.3 Å². The van der Waals surface area contributed by atoms with Gasteiger partial charge in [0.2, 0.25) is 0 Å². The number of sulfone groups is 1. The van der Waals surface area contributed by atoms with Gasteiger partial charge in [-0.3, -0.25) is 9.56 Å². The predicted molar refractivity (Wildman–Crippen MR) is 108 cm³/mol. The van der Waals surface area contributed by atoms with E-state index in [-0.39, 0.29) is 10.7 Å². The highest BCUT2D eigenvalue weighted by Crippen LogP contribution is 2.32. The maximum atomic E-state index is 13.2. The Morgan fingerprint density at radius 2 is 1.69 bits per heavy atom. The number of hydrogen-bond acceptors (Lipinski definition) is 4. The minimum absolute atomic E-state index is 0.0848. The number of halogens is 3. The van der Waals surface area contributed by atoms with Crippen LogP contribution in [0.3, 0.4) is 0 Å². The number of alkyl halides is 3. The minimum Gasteiger partial charge on any atom is -0.299 e. The largest absolute Gasteiger partial charge is 0.434 e. The number of rotatable bonds is 3. The quantitative estimate of drug-likeness (QED) is 0.714. The van der Waals surface area contributed by atoms with Crippen LogP contribution in [-0.2, 0) is 16.0 Å².